The molecule has 1 N–H and O–H groups in total. The molecule has 6 nitrogen and oxygen atoms in total. The molecule has 0 bridgehead atoms. The van der Waals surface area contributed by atoms with Gasteiger partial charge in [-0.3, -0.25) is 9.59 Å². The van der Waals surface area contributed by atoms with Crippen molar-refractivity contribution in [3.05, 3.63) is 83.4 Å². The standard InChI is InChI=1S/C29H32N2O4/c1-20-7-5-8-24(17-20)34-16-6-15-31-25-18-23(13-14-26(25)35-19-27(31)32)30-28(33)21-9-11-22(12-10-21)29(2,3)4/h5,7-14,17-18H,6,15-16,19H2,1-4H3,(H,30,33). The van der Waals surface area contributed by atoms with E-state index >= 15 is 0 Å². The Morgan fingerprint density at radius 3 is 2.54 bits per heavy atom. The molecule has 0 saturated carbocycles. The van der Waals surface area contributed by atoms with E-state index < -0.39 is 0 Å². The van der Waals surface area contributed by atoms with E-state index in [0.717, 1.165) is 11.3 Å². The Morgan fingerprint density at radius 2 is 1.83 bits per heavy atom. The second kappa shape index (κ2) is 10.2. The normalized spacial score (nSPS) is 13.1. The third-order valence-corrected chi connectivity index (χ3v) is 5.96. The smallest absolute Gasteiger partial charge is 0.265 e. The lowest BCUT2D eigenvalue weighted by atomic mass is 9.87. The van der Waals surface area contributed by atoms with Gasteiger partial charge in [0.15, 0.2) is 6.61 Å². The van der Waals surface area contributed by atoms with Crippen LogP contribution in [0.5, 0.6) is 11.5 Å². The van der Waals surface area contributed by atoms with Gasteiger partial charge >= 0.3 is 0 Å². The van der Waals surface area contributed by atoms with Gasteiger partial charge in [-0.15, -0.1) is 0 Å². The van der Waals surface area contributed by atoms with E-state index in [4.69, 9.17) is 9.47 Å². The summed E-state index contributed by atoms with van der Waals surface area (Å²) in [4.78, 5) is 27.1. The SMILES string of the molecule is Cc1cccc(OCCCN2C(=O)COc3ccc(NC(=O)c4ccc(C(C)(C)C)cc4)cc32)c1. The van der Waals surface area contributed by atoms with Crippen molar-refractivity contribution in [3.63, 3.8) is 0 Å². The molecule has 0 spiro atoms. The zero-order chi connectivity index (χ0) is 25.0. The summed E-state index contributed by atoms with van der Waals surface area (Å²) in [6, 6.07) is 20.9. The molecule has 0 unspecified atom stereocenters. The number of nitrogens with zero attached hydrogens (tertiary/aromatic N) is 1. The number of benzene rings is 3. The summed E-state index contributed by atoms with van der Waals surface area (Å²) in [5, 5.41) is 2.94. The van der Waals surface area contributed by atoms with Gasteiger partial charge in [-0.25, -0.2) is 0 Å². The highest BCUT2D eigenvalue weighted by Gasteiger charge is 2.26. The van der Waals surface area contributed by atoms with Gasteiger partial charge in [0.25, 0.3) is 11.8 Å². The van der Waals surface area contributed by atoms with E-state index in [1.807, 2.05) is 55.5 Å². The predicted octanol–water partition coefficient (Wildman–Crippen LogP) is 5.74. The fraction of sp³-hybridized carbons (Fsp3) is 0.310. The van der Waals surface area contributed by atoms with Crippen molar-refractivity contribution in [3.8, 4) is 11.5 Å². The Hall–Kier alpha value is -3.80. The summed E-state index contributed by atoms with van der Waals surface area (Å²) in [7, 11) is 0. The second-order valence-electron chi connectivity index (χ2n) is 9.82. The molecule has 182 valence electrons. The third kappa shape index (κ3) is 6.01. The lowest BCUT2D eigenvalue weighted by Gasteiger charge is -2.30. The summed E-state index contributed by atoms with van der Waals surface area (Å²) in [5.41, 5.74) is 4.16. The molecule has 4 rings (SSSR count). The van der Waals surface area contributed by atoms with Gasteiger partial charge in [0.1, 0.15) is 11.5 Å². The Balaban J connectivity index is 1.42. The minimum absolute atomic E-state index is 0.00241. The molecule has 0 aromatic heterocycles. The lowest BCUT2D eigenvalue weighted by molar-refractivity contribution is -0.121. The van der Waals surface area contributed by atoms with Gasteiger partial charge in [0.05, 0.1) is 12.3 Å². The highest BCUT2D eigenvalue weighted by molar-refractivity contribution is 6.05. The third-order valence-electron chi connectivity index (χ3n) is 5.96. The summed E-state index contributed by atoms with van der Waals surface area (Å²) in [6.07, 6.45) is 0.663. The van der Waals surface area contributed by atoms with Crippen LogP contribution in [0.25, 0.3) is 0 Å². The number of aryl methyl sites for hydroxylation is 1. The van der Waals surface area contributed by atoms with Crippen molar-refractivity contribution < 1.29 is 19.1 Å². The van der Waals surface area contributed by atoms with Crippen LogP contribution < -0.4 is 19.7 Å². The second-order valence-corrected chi connectivity index (χ2v) is 9.82. The molecule has 0 fully saturated rings. The fourth-order valence-corrected chi connectivity index (χ4v) is 3.97. The highest BCUT2D eigenvalue weighted by Crippen LogP contribution is 2.35. The molecule has 0 radical (unpaired) electrons. The van der Waals surface area contributed by atoms with Crippen LogP contribution in [0.3, 0.4) is 0 Å². The maximum atomic E-state index is 12.8. The van der Waals surface area contributed by atoms with Crippen molar-refractivity contribution in [2.45, 2.75) is 39.5 Å². The number of fused-ring (bicyclic) bond motifs is 1. The van der Waals surface area contributed by atoms with Crippen molar-refractivity contribution in [2.75, 3.05) is 30.0 Å². The van der Waals surface area contributed by atoms with Crippen LogP contribution >= 0.6 is 0 Å². The minimum atomic E-state index is -0.202. The van der Waals surface area contributed by atoms with Gasteiger partial charge in [0.2, 0.25) is 0 Å². The average molecular weight is 473 g/mol. The maximum absolute atomic E-state index is 12.8. The fourth-order valence-electron chi connectivity index (χ4n) is 3.97. The largest absolute Gasteiger partial charge is 0.494 e. The molecule has 3 aromatic carbocycles. The Morgan fingerprint density at radius 1 is 1.06 bits per heavy atom. The van der Waals surface area contributed by atoms with Crippen LogP contribution in [-0.4, -0.2) is 31.6 Å². The number of rotatable bonds is 7. The zero-order valence-electron chi connectivity index (χ0n) is 20.8. The Labute approximate surface area is 206 Å². The highest BCUT2D eigenvalue weighted by atomic mass is 16.5. The van der Waals surface area contributed by atoms with Crippen LogP contribution in [0.2, 0.25) is 0 Å². The van der Waals surface area contributed by atoms with Crippen molar-refractivity contribution >= 4 is 23.2 Å². The molecule has 0 atom stereocenters. The van der Waals surface area contributed by atoms with E-state index in [1.54, 1.807) is 23.1 Å². The van der Waals surface area contributed by atoms with Gasteiger partial charge in [-0.2, -0.15) is 0 Å². The summed E-state index contributed by atoms with van der Waals surface area (Å²) >= 11 is 0. The molecule has 35 heavy (non-hydrogen) atoms. The van der Waals surface area contributed by atoms with Crippen LogP contribution in [0.4, 0.5) is 11.4 Å². The lowest BCUT2D eigenvalue weighted by Crippen LogP contribution is -2.39. The number of carbonyl (C=O) groups excluding carboxylic acids is 2. The van der Waals surface area contributed by atoms with Crippen molar-refractivity contribution in [1.82, 2.24) is 0 Å². The number of amides is 2. The van der Waals surface area contributed by atoms with Gasteiger partial charge in [-0.05, 0) is 72.4 Å². The molecule has 1 heterocycles. The topological polar surface area (TPSA) is 67.9 Å². The molecular formula is C29H32N2O4. The van der Waals surface area contributed by atoms with E-state index in [1.165, 1.54) is 5.56 Å². The zero-order valence-corrected chi connectivity index (χ0v) is 20.8. The maximum Gasteiger partial charge on any atom is 0.265 e. The van der Waals surface area contributed by atoms with Gasteiger partial charge in [0, 0.05) is 17.8 Å². The monoisotopic (exact) mass is 472 g/mol. The molecular weight excluding hydrogens is 440 g/mol. The summed E-state index contributed by atoms with van der Waals surface area (Å²) in [5.74, 6) is 1.12. The molecule has 1 aliphatic heterocycles. The molecule has 0 aliphatic carbocycles. The first-order valence-electron chi connectivity index (χ1n) is 11.9. The van der Waals surface area contributed by atoms with E-state index in [0.29, 0.717) is 42.3 Å². The van der Waals surface area contributed by atoms with E-state index in [-0.39, 0.29) is 23.8 Å². The number of hydrogen-bond acceptors (Lipinski definition) is 4. The van der Waals surface area contributed by atoms with Crippen LogP contribution in [0.1, 0.15) is 48.7 Å². The Kier molecular flexibility index (Phi) is 7.10. The first kappa shape index (κ1) is 24.3. The number of ether oxygens (including phenoxy) is 2. The molecule has 6 heteroatoms. The quantitative estimate of drug-likeness (QED) is 0.445. The predicted molar refractivity (Wildman–Crippen MR) is 139 cm³/mol. The number of carbonyl (C=O) groups is 2. The van der Waals surface area contributed by atoms with Crippen molar-refractivity contribution in [2.24, 2.45) is 0 Å². The number of anilines is 2. The first-order valence-corrected chi connectivity index (χ1v) is 11.9. The van der Waals surface area contributed by atoms with Crippen LogP contribution in [0, 0.1) is 6.92 Å². The number of hydrogen-bond donors (Lipinski definition) is 1. The minimum Gasteiger partial charge on any atom is -0.494 e. The number of nitrogens with one attached hydrogen (secondary N) is 1. The summed E-state index contributed by atoms with van der Waals surface area (Å²) in [6.45, 7) is 9.42. The Bertz CT molecular complexity index is 1210. The molecule has 2 amide bonds. The summed E-state index contributed by atoms with van der Waals surface area (Å²) < 4.78 is 11.4. The van der Waals surface area contributed by atoms with Gasteiger partial charge < -0.3 is 19.7 Å². The van der Waals surface area contributed by atoms with Crippen LogP contribution in [-0.2, 0) is 10.2 Å². The first-order chi connectivity index (χ1) is 16.7. The van der Waals surface area contributed by atoms with Crippen molar-refractivity contribution in [1.29, 1.82) is 0 Å². The van der Waals surface area contributed by atoms with Crippen LogP contribution in [0.15, 0.2) is 66.7 Å². The van der Waals surface area contributed by atoms with Gasteiger partial charge in [-0.1, -0.05) is 45.0 Å². The molecule has 0 saturated heterocycles. The molecule has 1 aliphatic rings. The van der Waals surface area contributed by atoms with E-state index in [2.05, 4.69) is 26.1 Å². The average Bonchev–Trinajstić information content (AvgIpc) is 2.82. The van der Waals surface area contributed by atoms with E-state index in [9.17, 15) is 9.59 Å². The molecule has 3 aromatic rings.